The van der Waals surface area contributed by atoms with E-state index < -0.39 is 0 Å². The summed E-state index contributed by atoms with van der Waals surface area (Å²) in [5.74, 6) is 0.817. The van der Waals surface area contributed by atoms with Crippen LogP contribution in [0.25, 0.3) is 0 Å². The Bertz CT molecular complexity index is 540. The maximum atomic E-state index is 12.4. The molecule has 0 atom stereocenters. The summed E-state index contributed by atoms with van der Waals surface area (Å²) >= 11 is 0. The average molecular weight is 302 g/mol. The van der Waals surface area contributed by atoms with E-state index in [1.165, 1.54) is 0 Å². The van der Waals surface area contributed by atoms with Crippen LogP contribution in [0.3, 0.4) is 0 Å². The van der Waals surface area contributed by atoms with Crippen LogP contribution in [0.15, 0.2) is 53.1 Å². The smallest absolute Gasteiger partial charge is 0.237 e. The number of hydrogen-bond donors (Lipinski definition) is 1. The number of ether oxygens (including phenoxy) is 1. The standard InChI is InChI=1S/C17H22N2O3/c1-21-11-9-18-12-17(20)19(14-16-8-5-10-22-16)13-15-6-3-2-4-7-15/h2-8,10,18H,9,11-14H2,1H3. The third-order valence-electron chi connectivity index (χ3n) is 3.25. The van der Waals surface area contributed by atoms with Gasteiger partial charge >= 0.3 is 0 Å². The molecule has 2 aromatic rings. The first-order valence-electron chi connectivity index (χ1n) is 7.33. The van der Waals surface area contributed by atoms with Crippen LogP contribution in [0, 0.1) is 0 Å². The fourth-order valence-electron chi connectivity index (χ4n) is 2.11. The molecular formula is C17H22N2O3. The lowest BCUT2D eigenvalue weighted by Gasteiger charge is -2.22. The van der Waals surface area contributed by atoms with Gasteiger partial charge in [0.25, 0.3) is 0 Å². The third-order valence-corrected chi connectivity index (χ3v) is 3.25. The molecule has 1 amide bonds. The van der Waals surface area contributed by atoms with Gasteiger partial charge < -0.3 is 19.4 Å². The normalized spacial score (nSPS) is 10.6. The highest BCUT2D eigenvalue weighted by Gasteiger charge is 2.15. The molecule has 1 aromatic carbocycles. The minimum absolute atomic E-state index is 0.0383. The first-order chi connectivity index (χ1) is 10.8. The van der Waals surface area contributed by atoms with E-state index in [1.807, 2.05) is 42.5 Å². The second-order valence-corrected chi connectivity index (χ2v) is 4.98. The molecule has 5 nitrogen and oxygen atoms in total. The molecular weight excluding hydrogens is 280 g/mol. The molecule has 0 bridgehead atoms. The van der Waals surface area contributed by atoms with Crippen LogP contribution in [-0.2, 0) is 22.6 Å². The van der Waals surface area contributed by atoms with E-state index in [-0.39, 0.29) is 12.5 Å². The number of benzene rings is 1. The number of methoxy groups -OCH3 is 1. The third kappa shape index (κ3) is 5.35. The fraction of sp³-hybridized carbons (Fsp3) is 0.353. The van der Waals surface area contributed by atoms with Gasteiger partial charge in [-0.2, -0.15) is 0 Å². The summed E-state index contributed by atoms with van der Waals surface area (Å²) in [5.41, 5.74) is 1.10. The summed E-state index contributed by atoms with van der Waals surface area (Å²) in [6.07, 6.45) is 1.62. The van der Waals surface area contributed by atoms with Crippen LogP contribution in [0.2, 0.25) is 0 Å². The van der Waals surface area contributed by atoms with Gasteiger partial charge in [0.2, 0.25) is 5.91 Å². The average Bonchev–Trinajstić information content (AvgIpc) is 3.05. The lowest BCUT2D eigenvalue weighted by Crippen LogP contribution is -2.38. The Morgan fingerprint density at radius 2 is 2.00 bits per heavy atom. The van der Waals surface area contributed by atoms with Gasteiger partial charge in [0, 0.05) is 20.2 Å². The van der Waals surface area contributed by atoms with Gasteiger partial charge in [-0.05, 0) is 17.7 Å². The second-order valence-electron chi connectivity index (χ2n) is 4.98. The molecule has 0 spiro atoms. The maximum Gasteiger partial charge on any atom is 0.237 e. The number of amides is 1. The van der Waals surface area contributed by atoms with Crippen molar-refractivity contribution in [2.45, 2.75) is 13.1 Å². The molecule has 1 heterocycles. The van der Waals surface area contributed by atoms with Gasteiger partial charge in [-0.1, -0.05) is 30.3 Å². The second kappa shape index (κ2) is 9.02. The first kappa shape index (κ1) is 16.3. The summed E-state index contributed by atoms with van der Waals surface area (Å²) < 4.78 is 10.3. The van der Waals surface area contributed by atoms with Gasteiger partial charge in [0.1, 0.15) is 5.76 Å². The number of furan rings is 1. The Labute approximate surface area is 130 Å². The number of nitrogens with one attached hydrogen (secondary N) is 1. The zero-order chi connectivity index (χ0) is 15.6. The zero-order valence-corrected chi connectivity index (χ0v) is 12.8. The van der Waals surface area contributed by atoms with E-state index in [0.29, 0.717) is 26.2 Å². The van der Waals surface area contributed by atoms with Crippen LogP contribution < -0.4 is 5.32 Å². The number of rotatable bonds is 9. The van der Waals surface area contributed by atoms with E-state index in [9.17, 15) is 4.79 Å². The van der Waals surface area contributed by atoms with E-state index >= 15 is 0 Å². The molecule has 0 radical (unpaired) electrons. The summed E-state index contributed by atoms with van der Waals surface area (Å²) in [5, 5.41) is 3.09. The Hall–Kier alpha value is -2.11. The molecule has 0 saturated heterocycles. The van der Waals surface area contributed by atoms with E-state index in [2.05, 4.69) is 5.32 Å². The van der Waals surface area contributed by atoms with Crippen molar-refractivity contribution >= 4 is 5.91 Å². The minimum Gasteiger partial charge on any atom is -0.467 e. The van der Waals surface area contributed by atoms with Crippen molar-refractivity contribution in [2.24, 2.45) is 0 Å². The summed E-state index contributed by atoms with van der Waals surface area (Å²) in [6, 6.07) is 13.7. The molecule has 0 aliphatic heterocycles. The van der Waals surface area contributed by atoms with Crippen LogP contribution in [0.1, 0.15) is 11.3 Å². The Kier molecular flexibility index (Phi) is 6.67. The number of nitrogens with zero attached hydrogens (tertiary/aromatic N) is 1. The molecule has 118 valence electrons. The minimum atomic E-state index is 0.0383. The summed E-state index contributed by atoms with van der Waals surface area (Å²) in [6.45, 7) is 2.56. The van der Waals surface area contributed by atoms with E-state index in [0.717, 1.165) is 11.3 Å². The lowest BCUT2D eigenvalue weighted by atomic mass is 10.2. The summed E-state index contributed by atoms with van der Waals surface area (Å²) in [7, 11) is 1.64. The number of carbonyl (C=O) groups excluding carboxylic acids is 1. The molecule has 1 aromatic heterocycles. The van der Waals surface area contributed by atoms with E-state index in [4.69, 9.17) is 9.15 Å². The molecule has 0 aliphatic carbocycles. The van der Waals surface area contributed by atoms with Crippen molar-refractivity contribution in [2.75, 3.05) is 26.8 Å². The number of carbonyl (C=O) groups is 1. The molecule has 5 heteroatoms. The van der Waals surface area contributed by atoms with Crippen molar-refractivity contribution in [1.29, 1.82) is 0 Å². The van der Waals surface area contributed by atoms with Crippen LogP contribution >= 0.6 is 0 Å². The molecule has 0 fully saturated rings. The maximum absolute atomic E-state index is 12.4. The highest BCUT2D eigenvalue weighted by atomic mass is 16.5. The highest BCUT2D eigenvalue weighted by molar-refractivity contribution is 5.78. The first-order valence-corrected chi connectivity index (χ1v) is 7.33. The largest absolute Gasteiger partial charge is 0.467 e. The Morgan fingerprint density at radius 1 is 1.18 bits per heavy atom. The van der Waals surface area contributed by atoms with Crippen molar-refractivity contribution in [3.63, 3.8) is 0 Å². The SMILES string of the molecule is COCCNCC(=O)N(Cc1ccccc1)Cc1ccco1. The van der Waals surface area contributed by atoms with E-state index in [1.54, 1.807) is 18.3 Å². The van der Waals surface area contributed by atoms with Crippen molar-refractivity contribution < 1.29 is 13.9 Å². The van der Waals surface area contributed by atoms with Crippen molar-refractivity contribution in [3.8, 4) is 0 Å². The predicted octanol–water partition coefficient (Wildman–Crippen LogP) is 2.04. The quantitative estimate of drug-likeness (QED) is 0.720. The van der Waals surface area contributed by atoms with Gasteiger partial charge in [-0.3, -0.25) is 4.79 Å². The van der Waals surface area contributed by atoms with Gasteiger partial charge in [0.05, 0.1) is 26.0 Å². The predicted molar refractivity (Wildman–Crippen MR) is 84.1 cm³/mol. The van der Waals surface area contributed by atoms with Gasteiger partial charge in [-0.25, -0.2) is 0 Å². The van der Waals surface area contributed by atoms with Crippen LogP contribution in [0.5, 0.6) is 0 Å². The van der Waals surface area contributed by atoms with Crippen LogP contribution in [-0.4, -0.2) is 37.6 Å². The van der Waals surface area contributed by atoms with Gasteiger partial charge in [0.15, 0.2) is 0 Å². The van der Waals surface area contributed by atoms with Gasteiger partial charge in [-0.15, -0.1) is 0 Å². The fourth-order valence-corrected chi connectivity index (χ4v) is 2.11. The summed E-state index contributed by atoms with van der Waals surface area (Å²) in [4.78, 5) is 14.2. The molecule has 22 heavy (non-hydrogen) atoms. The molecule has 0 unspecified atom stereocenters. The lowest BCUT2D eigenvalue weighted by molar-refractivity contribution is -0.131. The topological polar surface area (TPSA) is 54.7 Å². The number of hydrogen-bond acceptors (Lipinski definition) is 4. The monoisotopic (exact) mass is 302 g/mol. The molecule has 2 rings (SSSR count). The Balaban J connectivity index is 1.96. The molecule has 0 saturated carbocycles. The molecule has 1 N–H and O–H groups in total. The van der Waals surface area contributed by atoms with Crippen molar-refractivity contribution in [3.05, 3.63) is 60.1 Å². The zero-order valence-electron chi connectivity index (χ0n) is 12.8. The molecule has 0 aliphatic rings. The Morgan fingerprint density at radius 3 is 2.68 bits per heavy atom. The highest BCUT2D eigenvalue weighted by Crippen LogP contribution is 2.10. The van der Waals surface area contributed by atoms with Crippen LogP contribution in [0.4, 0.5) is 0 Å². The van der Waals surface area contributed by atoms with Crippen molar-refractivity contribution in [1.82, 2.24) is 10.2 Å².